The number of pyridine rings is 1. The van der Waals surface area contributed by atoms with Crippen molar-refractivity contribution >= 4 is 23.5 Å². The standard InChI is InChI=1S/C19H24N4O5/c24-17-14-2-1-13(28-19(26)27)11-15(14)21-18(25)16(17)23-9-7-22(8-10-23)12-3-5-20-6-4-12/h3-6,13-16H,1-2,7-11H2,(H,21,25)(H,26,27)/t13-,14?,15-,16?/m1/s1. The van der Waals surface area contributed by atoms with Crippen LogP contribution in [0.1, 0.15) is 19.3 Å². The molecule has 3 fully saturated rings. The zero-order chi connectivity index (χ0) is 19.7. The largest absolute Gasteiger partial charge is 0.506 e. The van der Waals surface area contributed by atoms with Gasteiger partial charge in [0.1, 0.15) is 12.1 Å². The quantitative estimate of drug-likeness (QED) is 0.569. The molecule has 2 N–H and O–H groups in total. The summed E-state index contributed by atoms with van der Waals surface area (Å²) in [5, 5.41) is 11.7. The van der Waals surface area contributed by atoms with Crippen LogP contribution in [0.5, 0.6) is 0 Å². The maximum atomic E-state index is 13.1. The lowest BCUT2D eigenvalue weighted by molar-refractivity contribution is -0.146. The molecule has 9 heteroatoms. The van der Waals surface area contributed by atoms with Crippen LogP contribution in [0.4, 0.5) is 10.5 Å². The van der Waals surface area contributed by atoms with Crippen molar-refractivity contribution in [2.75, 3.05) is 31.1 Å². The van der Waals surface area contributed by atoms with E-state index in [1.165, 1.54) is 0 Å². The van der Waals surface area contributed by atoms with Crippen molar-refractivity contribution in [3.63, 3.8) is 0 Å². The van der Waals surface area contributed by atoms with Gasteiger partial charge in [-0.15, -0.1) is 0 Å². The highest BCUT2D eigenvalue weighted by molar-refractivity contribution is 6.09. The molecule has 2 aliphatic heterocycles. The number of nitrogens with zero attached hydrogens (tertiary/aromatic N) is 3. The van der Waals surface area contributed by atoms with E-state index in [0.29, 0.717) is 32.4 Å². The van der Waals surface area contributed by atoms with Gasteiger partial charge in [-0.3, -0.25) is 19.5 Å². The molecule has 1 aliphatic carbocycles. The second kappa shape index (κ2) is 7.75. The molecule has 9 nitrogen and oxygen atoms in total. The first-order chi connectivity index (χ1) is 13.5. The Morgan fingerprint density at radius 1 is 1.14 bits per heavy atom. The predicted molar refractivity (Wildman–Crippen MR) is 99.0 cm³/mol. The molecule has 2 unspecified atom stereocenters. The number of carboxylic acid groups (broad SMARTS) is 1. The molecule has 4 atom stereocenters. The van der Waals surface area contributed by atoms with Crippen LogP contribution in [0.2, 0.25) is 0 Å². The van der Waals surface area contributed by atoms with E-state index in [0.717, 1.165) is 18.8 Å². The van der Waals surface area contributed by atoms with Crippen LogP contribution < -0.4 is 10.2 Å². The van der Waals surface area contributed by atoms with Crippen molar-refractivity contribution in [2.24, 2.45) is 5.92 Å². The lowest BCUT2D eigenvalue weighted by Gasteiger charge is -2.45. The van der Waals surface area contributed by atoms with Gasteiger partial charge in [-0.2, -0.15) is 0 Å². The van der Waals surface area contributed by atoms with Crippen molar-refractivity contribution in [2.45, 2.75) is 37.5 Å². The number of amides is 1. The first-order valence-electron chi connectivity index (χ1n) is 9.65. The number of piperazine rings is 1. The van der Waals surface area contributed by atoms with E-state index >= 15 is 0 Å². The highest BCUT2D eigenvalue weighted by Crippen LogP contribution is 2.32. The van der Waals surface area contributed by atoms with Crippen LogP contribution in [0.15, 0.2) is 24.5 Å². The summed E-state index contributed by atoms with van der Waals surface area (Å²) in [6.07, 6.45) is 3.13. The van der Waals surface area contributed by atoms with Crippen LogP contribution in [-0.2, 0) is 14.3 Å². The monoisotopic (exact) mass is 388 g/mol. The molecule has 28 heavy (non-hydrogen) atoms. The molecule has 0 radical (unpaired) electrons. The molecule has 4 rings (SSSR count). The predicted octanol–water partition coefficient (Wildman–Crippen LogP) is 0.503. The maximum Gasteiger partial charge on any atom is 0.506 e. The Labute approximate surface area is 162 Å². The van der Waals surface area contributed by atoms with Crippen molar-refractivity contribution in [3.05, 3.63) is 24.5 Å². The molecule has 1 amide bonds. The topological polar surface area (TPSA) is 112 Å². The van der Waals surface area contributed by atoms with Gasteiger partial charge in [0.2, 0.25) is 5.91 Å². The Morgan fingerprint density at radius 2 is 1.86 bits per heavy atom. The number of carbonyl (C=O) groups is 3. The number of hydrogen-bond donors (Lipinski definition) is 2. The number of aromatic nitrogens is 1. The Morgan fingerprint density at radius 3 is 2.54 bits per heavy atom. The lowest BCUT2D eigenvalue weighted by atomic mass is 9.75. The second-order valence-corrected chi connectivity index (χ2v) is 7.57. The fourth-order valence-corrected chi connectivity index (χ4v) is 4.61. The van der Waals surface area contributed by atoms with Gasteiger partial charge in [0.25, 0.3) is 0 Å². The Balaban J connectivity index is 1.38. The first-order valence-corrected chi connectivity index (χ1v) is 9.65. The number of anilines is 1. The van der Waals surface area contributed by atoms with E-state index in [9.17, 15) is 14.4 Å². The molecule has 2 saturated heterocycles. The van der Waals surface area contributed by atoms with Crippen LogP contribution in [0, 0.1) is 5.92 Å². The van der Waals surface area contributed by atoms with E-state index in [-0.39, 0.29) is 23.7 Å². The van der Waals surface area contributed by atoms with Crippen molar-refractivity contribution in [1.82, 2.24) is 15.2 Å². The first kappa shape index (κ1) is 18.7. The second-order valence-electron chi connectivity index (χ2n) is 7.57. The number of carbonyl (C=O) groups excluding carboxylic acids is 2. The molecule has 150 valence electrons. The third-order valence-corrected chi connectivity index (χ3v) is 5.99. The molecule has 0 spiro atoms. The van der Waals surface area contributed by atoms with Gasteiger partial charge < -0.3 is 20.1 Å². The minimum Gasteiger partial charge on any atom is -0.450 e. The number of fused-ring (bicyclic) bond motifs is 1. The number of hydrogen-bond acceptors (Lipinski definition) is 7. The third kappa shape index (κ3) is 3.66. The Bertz CT molecular complexity index is 750. The summed E-state index contributed by atoms with van der Waals surface area (Å²) in [6.45, 7) is 2.75. The fourth-order valence-electron chi connectivity index (χ4n) is 4.61. The minimum absolute atomic E-state index is 0.0418. The average molecular weight is 388 g/mol. The molecule has 0 bridgehead atoms. The summed E-state index contributed by atoms with van der Waals surface area (Å²) in [4.78, 5) is 44.7. The Hall–Kier alpha value is -2.68. The number of ether oxygens (including phenoxy) is 1. The van der Waals surface area contributed by atoms with Crippen LogP contribution in [-0.4, -0.2) is 77.2 Å². The molecule has 1 aromatic rings. The van der Waals surface area contributed by atoms with Crippen molar-refractivity contribution in [3.8, 4) is 0 Å². The number of Topliss-reactive ketones (excluding diaryl/α,β-unsaturated/α-hetero) is 1. The number of rotatable bonds is 3. The van der Waals surface area contributed by atoms with E-state index < -0.39 is 18.3 Å². The van der Waals surface area contributed by atoms with E-state index in [1.54, 1.807) is 12.4 Å². The molecule has 1 saturated carbocycles. The summed E-state index contributed by atoms with van der Waals surface area (Å²) in [5.41, 5.74) is 1.09. The molecular formula is C19H24N4O5. The van der Waals surface area contributed by atoms with E-state index in [2.05, 4.69) is 15.2 Å². The van der Waals surface area contributed by atoms with E-state index in [4.69, 9.17) is 9.84 Å². The third-order valence-electron chi connectivity index (χ3n) is 5.99. The highest BCUT2D eigenvalue weighted by atomic mass is 16.7. The summed E-state index contributed by atoms with van der Waals surface area (Å²) >= 11 is 0. The molecule has 3 aliphatic rings. The zero-order valence-electron chi connectivity index (χ0n) is 15.5. The lowest BCUT2D eigenvalue weighted by Crippen LogP contribution is -2.66. The van der Waals surface area contributed by atoms with Crippen molar-refractivity contribution in [1.29, 1.82) is 0 Å². The molecular weight excluding hydrogens is 364 g/mol. The smallest absolute Gasteiger partial charge is 0.450 e. The van der Waals surface area contributed by atoms with Crippen LogP contribution in [0.25, 0.3) is 0 Å². The van der Waals surface area contributed by atoms with Gasteiger partial charge in [-0.1, -0.05) is 0 Å². The molecule has 0 aromatic carbocycles. The van der Waals surface area contributed by atoms with Gasteiger partial charge in [-0.25, -0.2) is 4.79 Å². The summed E-state index contributed by atoms with van der Waals surface area (Å²) in [5.74, 6) is -0.589. The Kier molecular flexibility index (Phi) is 5.17. The van der Waals surface area contributed by atoms with Crippen LogP contribution in [0.3, 0.4) is 0 Å². The van der Waals surface area contributed by atoms with Crippen molar-refractivity contribution < 1.29 is 24.2 Å². The van der Waals surface area contributed by atoms with E-state index in [1.807, 2.05) is 17.0 Å². The van der Waals surface area contributed by atoms with Crippen LogP contribution >= 0.6 is 0 Å². The summed E-state index contributed by atoms with van der Waals surface area (Å²) < 4.78 is 4.84. The number of ketones is 1. The van der Waals surface area contributed by atoms with Gasteiger partial charge in [0.15, 0.2) is 5.78 Å². The van der Waals surface area contributed by atoms with Gasteiger partial charge in [-0.05, 0) is 25.0 Å². The summed E-state index contributed by atoms with van der Waals surface area (Å²) in [7, 11) is 0. The molecule has 3 heterocycles. The zero-order valence-corrected chi connectivity index (χ0v) is 15.5. The van der Waals surface area contributed by atoms with Gasteiger partial charge in [0.05, 0.1) is 0 Å². The van der Waals surface area contributed by atoms with Gasteiger partial charge >= 0.3 is 6.16 Å². The highest BCUT2D eigenvalue weighted by Gasteiger charge is 2.48. The number of piperidine rings is 1. The average Bonchev–Trinajstić information content (AvgIpc) is 2.68. The van der Waals surface area contributed by atoms with Gasteiger partial charge in [0, 0.05) is 62.6 Å². The maximum absolute atomic E-state index is 13.1. The number of nitrogens with one attached hydrogen (secondary N) is 1. The SMILES string of the molecule is O=C(O)O[C@@H]1CCC2C(=O)C(N3CCN(c4ccncc4)CC3)C(=O)N[C@@H]2C1. The minimum atomic E-state index is -1.32. The fraction of sp³-hybridized carbons (Fsp3) is 0.579. The molecule has 1 aromatic heterocycles. The summed E-state index contributed by atoms with van der Waals surface area (Å²) in [6, 6.07) is 2.82. The normalized spacial score (nSPS) is 31.1.